The number of hydrogen-bond donors (Lipinski definition) is 0. The molecule has 2 heterocycles. The highest BCUT2D eigenvalue weighted by molar-refractivity contribution is 7.19. The van der Waals surface area contributed by atoms with Gasteiger partial charge in [-0.1, -0.05) is 24.3 Å². The van der Waals surface area contributed by atoms with E-state index in [1.54, 1.807) is 0 Å². The Bertz CT molecular complexity index is 974. The number of aryl methyl sites for hydroxylation is 2. The molecule has 0 atom stereocenters. The SMILES string of the molecule is Cc1cc2c(cc1C)C(=O)N(CCCN(C)CCc1cc3ccccc3s1)C2. The number of benzene rings is 2. The fraction of sp³-hybridized carbons (Fsp3) is 0.375. The molecule has 28 heavy (non-hydrogen) atoms. The Morgan fingerprint density at radius 2 is 1.86 bits per heavy atom. The van der Waals surface area contributed by atoms with Crippen LogP contribution in [0.3, 0.4) is 0 Å². The van der Waals surface area contributed by atoms with Crippen LogP contribution >= 0.6 is 11.3 Å². The minimum Gasteiger partial charge on any atom is -0.334 e. The van der Waals surface area contributed by atoms with Crippen molar-refractivity contribution < 1.29 is 4.79 Å². The van der Waals surface area contributed by atoms with E-state index >= 15 is 0 Å². The van der Waals surface area contributed by atoms with E-state index in [1.807, 2.05) is 16.2 Å². The first-order valence-electron chi connectivity index (χ1n) is 10.1. The number of fused-ring (bicyclic) bond motifs is 2. The normalized spacial score (nSPS) is 13.7. The molecule has 0 bridgehead atoms. The van der Waals surface area contributed by atoms with Crippen LogP contribution in [0.2, 0.25) is 0 Å². The number of carbonyl (C=O) groups is 1. The van der Waals surface area contributed by atoms with E-state index in [-0.39, 0.29) is 5.91 Å². The van der Waals surface area contributed by atoms with Crippen molar-refractivity contribution in [2.75, 3.05) is 26.7 Å². The summed E-state index contributed by atoms with van der Waals surface area (Å²) in [7, 11) is 2.18. The van der Waals surface area contributed by atoms with Crippen molar-refractivity contribution in [1.82, 2.24) is 9.80 Å². The molecule has 3 aromatic rings. The van der Waals surface area contributed by atoms with E-state index in [0.29, 0.717) is 0 Å². The van der Waals surface area contributed by atoms with Gasteiger partial charge in [0.2, 0.25) is 0 Å². The molecule has 1 amide bonds. The zero-order valence-electron chi connectivity index (χ0n) is 17.0. The highest BCUT2D eigenvalue weighted by Gasteiger charge is 2.27. The Labute approximate surface area is 171 Å². The quantitative estimate of drug-likeness (QED) is 0.562. The number of likely N-dealkylation sites (N-methyl/N-ethyl adjacent to an activating group) is 1. The average molecular weight is 393 g/mol. The van der Waals surface area contributed by atoms with Crippen molar-refractivity contribution in [1.29, 1.82) is 0 Å². The highest BCUT2D eigenvalue weighted by Crippen LogP contribution is 2.27. The van der Waals surface area contributed by atoms with Crippen LogP contribution < -0.4 is 0 Å². The molecule has 1 aliphatic heterocycles. The van der Waals surface area contributed by atoms with Crippen molar-refractivity contribution in [3.8, 4) is 0 Å². The third kappa shape index (κ3) is 3.98. The fourth-order valence-electron chi connectivity index (χ4n) is 3.94. The van der Waals surface area contributed by atoms with Gasteiger partial charge in [0.25, 0.3) is 5.91 Å². The Kier molecular flexibility index (Phi) is 5.51. The summed E-state index contributed by atoms with van der Waals surface area (Å²) in [6, 6.07) is 15.1. The summed E-state index contributed by atoms with van der Waals surface area (Å²) in [4.78, 5) is 18.5. The van der Waals surface area contributed by atoms with Crippen LogP contribution in [-0.2, 0) is 13.0 Å². The lowest BCUT2D eigenvalue weighted by atomic mass is 10.0. The molecule has 1 aliphatic rings. The van der Waals surface area contributed by atoms with E-state index in [2.05, 4.69) is 68.3 Å². The van der Waals surface area contributed by atoms with Crippen molar-refractivity contribution >= 4 is 27.3 Å². The van der Waals surface area contributed by atoms with Crippen molar-refractivity contribution in [2.45, 2.75) is 33.2 Å². The summed E-state index contributed by atoms with van der Waals surface area (Å²) in [5, 5.41) is 1.35. The van der Waals surface area contributed by atoms with Crippen molar-refractivity contribution in [2.24, 2.45) is 0 Å². The number of carbonyl (C=O) groups excluding carboxylic acids is 1. The number of rotatable bonds is 7. The smallest absolute Gasteiger partial charge is 0.254 e. The standard InChI is InChI=1S/C24H28N2OS/c1-17-13-20-16-26(24(27)22(20)14-18(17)2)11-6-10-25(3)12-9-21-15-19-7-4-5-8-23(19)28-21/h4-5,7-8,13-15H,6,9-12,16H2,1-3H3. The third-order valence-corrected chi connectivity index (χ3v) is 6.96. The topological polar surface area (TPSA) is 23.6 Å². The monoisotopic (exact) mass is 392 g/mol. The third-order valence-electron chi connectivity index (χ3n) is 5.78. The number of amides is 1. The van der Waals surface area contributed by atoms with Crippen LogP contribution in [0.1, 0.15) is 38.3 Å². The molecule has 0 saturated carbocycles. The van der Waals surface area contributed by atoms with E-state index < -0.39 is 0 Å². The molecule has 0 unspecified atom stereocenters. The van der Waals surface area contributed by atoms with Gasteiger partial charge in [-0.25, -0.2) is 0 Å². The first-order chi connectivity index (χ1) is 13.5. The van der Waals surface area contributed by atoms with Gasteiger partial charge in [0.15, 0.2) is 0 Å². The molecule has 0 aliphatic carbocycles. The fourth-order valence-corrected chi connectivity index (χ4v) is 4.99. The second-order valence-corrected chi connectivity index (χ2v) is 9.15. The molecule has 3 nitrogen and oxygen atoms in total. The lowest BCUT2D eigenvalue weighted by Gasteiger charge is -2.19. The molecule has 0 fully saturated rings. The zero-order chi connectivity index (χ0) is 19.7. The Balaban J connectivity index is 1.24. The maximum absolute atomic E-state index is 12.6. The number of nitrogens with zero attached hydrogens (tertiary/aromatic N) is 2. The Hall–Kier alpha value is -2.17. The molecule has 4 rings (SSSR count). The summed E-state index contributed by atoms with van der Waals surface area (Å²) in [6.07, 6.45) is 2.10. The maximum atomic E-state index is 12.6. The molecule has 0 spiro atoms. The Morgan fingerprint density at radius 1 is 1.07 bits per heavy atom. The predicted molar refractivity (Wildman–Crippen MR) is 118 cm³/mol. The van der Waals surface area contributed by atoms with E-state index in [4.69, 9.17) is 0 Å². The van der Waals surface area contributed by atoms with Gasteiger partial charge in [0, 0.05) is 34.8 Å². The molecule has 0 saturated heterocycles. The van der Waals surface area contributed by atoms with Crippen LogP contribution in [0.5, 0.6) is 0 Å². The second-order valence-electron chi connectivity index (χ2n) is 7.98. The Morgan fingerprint density at radius 3 is 2.68 bits per heavy atom. The lowest BCUT2D eigenvalue weighted by Crippen LogP contribution is -2.29. The highest BCUT2D eigenvalue weighted by atomic mass is 32.1. The van der Waals surface area contributed by atoms with Gasteiger partial charge in [0.05, 0.1) is 0 Å². The largest absolute Gasteiger partial charge is 0.334 e. The summed E-state index contributed by atoms with van der Waals surface area (Å²) in [5.74, 6) is 0.200. The van der Waals surface area contributed by atoms with Gasteiger partial charge in [-0.3, -0.25) is 4.79 Å². The maximum Gasteiger partial charge on any atom is 0.254 e. The van der Waals surface area contributed by atoms with Gasteiger partial charge >= 0.3 is 0 Å². The first-order valence-corrected chi connectivity index (χ1v) is 10.9. The molecule has 146 valence electrons. The van der Waals surface area contributed by atoms with Gasteiger partial charge in [-0.15, -0.1) is 11.3 Å². The second kappa shape index (κ2) is 8.06. The van der Waals surface area contributed by atoms with Crippen molar-refractivity contribution in [3.05, 3.63) is 69.6 Å². The van der Waals surface area contributed by atoms with E-state index in [9.17, 15) is 4.79 Å². The molecule has 2 aromatic carbocycles. The van der Waals surface area contributed by atoms with Gasteiger partial charge < -0.3 is 9.80 Å². The van der Waals surface area contributed by atoms with Crippen LogP contribution in [0, 0.1) is 13.8 Å². The molecule has 0 radical (unpaired) electrons. The van der Waals surface area contributed by atoms with E-state index in [1.165, 1.54) is 31.7 Å². The summed E-state index contributed by atoms with van der Waals surface area (Å²) >= 11 is 1.90. The minimum atomic E-state index is 0.200. The van der Waals surface area contributed by atoms with Crippen LogP contribution in [-0.4, -0.2) is 42.4 Å². The lowest BCUT2D eigenvalue weighted by molar-refractivity contribution is 0.0772. The van der Waals surface area contributed by atoms with Gasteiger partial charge in [0.1, 0.15) is 0 Å². The number of thiophene rings is 1. The van der Waals surface area contributed by atoms with Crippen LogP contribution in [0.4, 0.5) is 0 Å². The molecular formula is C24H28N2OS. The number of hydrogen-bond acceptors (Lipinski definition) is 3. The molecular weight excluding hydrogens is 364 g/mol. The minimum absolute atomic E-state index is 0.200. The first kappa shape index (κ1) is 19.2. The molecule has 1 aromatic heterocycles. The van der Waals surface area contributed by atoms with Crippen molar-refractivity contribution in [3.63, 3.8) is 0 Å². The van der Waals surface area contributed by atoms with Crippen LogP contribution in [0.15, 0.2) is 42.5 Å². The summed E-state index contributed by atoms with van der Waals surface area (Å²) in [5.41, 5.74) is 4.57. The van der Waals surface area contributed by atoms with Crippen LogP contribution in [0.25, 0.3) is 10.1 Å². The average Bonchev–Trinajstić information content (AvgIpc) is 3.22. The predicted octanol–water partition coefficient (Wildman–Crippen LogP) is 5.04. The van der Waals surface area contributed by atoms with Gasteiger partial charge in [-0.05, 0) is 80.6 Å². The van der Waals surface area contributed by atoms with Gasteiger partial charge in [-0.2, -0.15) is 0 Å². The van der Waals surface area contributed by atoms with E-state index in [0.717, 1.165) is 44.6 Å². The zero-order valence-corrected chi connectivity index (χ0v) is 17.8. The summed E-state index contributed by atoms with van der Waals surface area (Å²) in [6.45, 7) is 7.87. The molecule has 0 N–H and O–H groups in total. The summed E-state index contributed by atoms with van der Waals surface area (Å²) < 4.78 is 1.37. The molecule has 4 heteroatoms.